The summed E-state index contributed by atoms with van der Waals surface area (Å²) in [6, 6.07) is 7.47. The van der Waals surface area contributed by atoms with Crippen molar-refractivity contribution in [3.8, 4) is 5.75 Å². The Morgan fingerprint density at radius 3 is 2.76 bits per heavy atom. The van der Waals surface area contributed by atoms with E-state index >= 15 is 0 Å². The van der Waals surface area contributed by atoms with Crippen LogP contribution in [0, 0.1) is 12.8 Å². The summed E-state index contributed by atoms with van der Waals surface area (Å²) in [5, 5.41) is 3.88. The van der Waals surface area contributed by atoms with Crippen LogP contribution in [-0.2, 0) is 4.74 Å². The normalized spacial score (nSPS) is 24.8. The Kier molecular flexibility index (Phi) is 4.81. The number of hydrogen-bond acceptors (Lipinski definition) is 3. The number of nitrogens with one attached hydrogen (secondary N) is 1. The minimum absolute atomic E-state index is 0.417. The summed E-state index contributed by atoms with van der Waals surface area (Å²) in [7, 11) is 0. The zero-order valence-electron chi connectivity index (χ0n) is 13.2. The fraction of sp³-hybridized carbons (Fsp3) is 0.667. The van der Waals surface area contributed by atoms with E-state index in [1.54, 1.807) is 0 Å². The van der Waals surface area contributed by atoms with Crippen LogP contribution < -0.4 is 10.1 Å². The molecule has 0 saturated carbocycles. The maximum Gasteiger partial charge on any atom is 0.126 e. The predicted molar refractivity (Wildman–Crippen MR) is 84.8 cm³/mol. The fourth-order valence-corrected chi connectivity index (χ4v) is 3.61. The van der Waals surface area contributed by atoms with Gasteiger partial charge in [-0.1, -0.05) is 18.2 Å². The Labute approximate surface area is 128 Å². The Morgan fingerprint density at radius 1 is 1.14 bits per heavy atom. The first-order valence-electron chi connectivity index (χ1n) is 8.32. The van der Waals surface area contributed by atoms with E-state index < -0.39 is 0 Å². The molecule has 1 saturated heterocycles. The van der Waals surface area contributed by atoms with Gasteiger partial charge in [-0.25, -0.2) is 0 Å². The molecule has 0 bridgehead atoms. The van der Waals surface area contributed by atoms with Crippen LogP contribution >= 0.6 is 0 Å². The van der Waals surface area contributed by atoms with Crippen LogP contribution in [-0.4, -0.2) is 25.9 Å². The fourth-order valence-electron chi connectivity index (χ4n) is 3.61. The molecular weight excluding hydrogens is 262 g/mol. The van der Waals surface area contributed by atoms with Gasteiger partial charge >= 0.3 is 0 Å². The van der Waals surface area contributed by atoms with Crippen LogP contribution in [0.4, 0.5) is 0 Å². The van der Waals surface area contributed by atoms with Crippen molar-refractivity contribution < 1.29 is 9.47 Å². The van der Waals surface area contributed by atoms with Gasteiger partial charge in [0.25, 0.3) is 0 Å². The second-order valence-corrected chi connectivity index (χ2v) is 6.44. The van der Waals surface area contributed by atoms with Crippen molar-refractivity contribution in [3.63, 3.8) is 0 Å². The lowest BCUT2D eigenvalue weighted by atomic mass is 9.91. The minimum atomic E-state index is 0.417. The molecule has 0 radical (unpaired) electrons. The van der Waals surface area contributed by atoms with E-state index in [-0.39, 0.29) is 0 Å². The highest BCUT2D eigenvalue weighted by Crippen LogP contribution is 2.35. The summed E-state index contributed by atoms with van der Waals surface area (Å²) in [5.41, 5.74) is 2.59. The third-order valence-corrected chi connectivity index (χ3v) is 4.94. The highest BCUT2D eigenvalue weighted by molar-refractivity contribution is 5.43. The van der Waals surface area contributed by atoms with Crippen molar-refractivity contribution in [2.24, 2.45) is 5.92 Å². The second-order valence-electron chi connectivity index (χ2n) is 6.44. The maximum atomic E-state index is 5.98. The molecule has 0 amide bonds. The smallest absolute Gasteiger partial charge is 0.126 e. The zero-order valence-corrected chi connectivity index (χ0v) is 13.2. The van der Waals surface area contributed by atoms with Gasteiger partial charge in [0.05, 0.1) is 6.61 Å². The Hall–Kier alpha value is -1.06. The third-order valence-electron chi connectivity index (χ3n) is 4.94. The standard InChI is InChI=1S/C18H27NO2/c1-13-5-3-6-16-17(7-4-10-21-18(13)16)19-14(2)15-8-11-20-12-9-15/h3,5-6,14-15,17,19H,4,7-12H2,1-2H3. The summed E-state index contributed by atoms with van der Waals surface area (Å²) < 4.78 is 11.5. The molecule has 1 aromatic rings. The quantitative estimate of drug-likeness (QED) is 0.922. The van der Waals surface area contributed by atoms with Gasteiger partial charge in [0.2, 0.25) is 0 Å². The van der Waals surface area contributed by atoms with Gasteiger partial charge < -0.3 is 14.8 Å². The number of rotatable bonds is 3. The number of para-hydroxylation sites is 1. The number of aryl methyl sites for hydroxylation is 1. The van der Waals surface area contributed by atoms with E-state index in [1.807, 2.05) is 0 Å². The molecule has 0 spiro atoms. The largest absolute Gasteiger partial charge is 0.493 e. The third kappa shape index (κ3) is 3.41. The summed E-state index contributed by atoms with van der Waals surface area (Å²) in [5.74, 6) is 1.84. The lowest BCUT2D eigenvalue weighted by molar-refractivity contribution is 0.0542. The lowest BCUT2D eigenvalue weighted by Crippen LogP contribution is -2.38. The van der Waals surface area contributed by atoms with Gasteiger partial charge in [-0.05, 0) is 51.0 Å². The summed E-state index contributed by atoms with van der Waals surface area (Å²) in [6.07, 6.45) is 4.63. The van der Waals surface area contributed by atoms with Gasteiger partial charge in [-0.15, -0.1) is 0 Å². The Balaban J connectivity index is 1.74. The van der Waals surface area contributed by atoms with E-state index in [4.69, 9.17) is 9.47 Å². The second kappa shape index (κ2) is 6.80. The van der Waals surface area contributed by atoms with Gasteiger partial charge in [0.15, 0.2) is 0 Å². The molecule has 0 aromatic heterocycles. The Bertz CT molecular complexity index is 468. The van der Waals surface area contributed by atoms with Gasteiger partial charge in [0.1, 0.15) is 5.75 Å². The summed E-state index contributed by atoms with van der Waals surface area (Å²) in [4.78, 5) is 0. The SMILES string of the molecule is Cc1cccc2c1OCCCC2NC(C)C1CCOCC1. The molecule has 1 aromatic carbocycles. The first kappa shape index (κ1) is 14.9. The van der Waals surface area contributed by atoms with Crippen molar-refractivity contribution >= 4 is 0 Å². The van der Waals surface area contributed by atoms with Crippen molar-refractivity contribution in [1.29, 1.82) is 0 Å². The highest BCUT2D eigenvalue weighted by Gasteiger charge is 2.26. The molecule has 2 atom stereocenters. The molecule has 1 N–H and O–H groups in total. The first-order chi connectivity index (χ1) is 10.3. The van der Waals surface area contributed by atoms with E-state index in [0.29, 0.717) is 12.1 Å². The van der Waals surface area contributed by atoms with Crippen LogP contribution in [0.1, 0.15) is 49.8 Å². The monoisotopic (exact) mass is 289 g/mol. The van der Waals surface area contributed by atoms with Crippen LogP contribution in [0.3, 0.4) is 0 Å². The van der Waals surface area contributed by atoms with Crippen molar-refractivity contribution in [2.45, 2.75) is 51.6 Å². The molecule has 21 heavy (non-hydrogen) atoms. The van der Waals surface area contributed by atoms with E-state index in [1.165, 1.54) is 24.0 Å². The first-order valence-corrected chi connectivity index (χ1v) is 8.32. The molecule has 116 valence electrons. The van der Waals surface area contributed by atoms with E-state index in [9.17, 15) is 0 Å². The number of benzene rings is 1. The molecule has 3 nitrogen and oxygen atoms in total. The molecule has 2 aliphatic heterocycles. The maximum absolute atomic E-state index is 5.98. The molecule has 2 heterocycles. The molecule has 1 fully saturated rings. The van der Waals surface area contributed by atoms with Crippen molar-refractivity contribution in [2.75, 3.05) is 19.8 Å². The molecule has 3 rings (SSSR count). The predicted octanol–water partition coefficient (Wildman–Crippen LogP) is 3.61. The molecule has 0 aliphatic carbocycles. The number of ether oxygens (including phenoxy) is 2. The highest BCUT2D eigenvalue weighted by atomic mass is 16.5. The summed E-state index contributed by atoms with van der Waals surface area (Å²) in [6.45, 7) is 7.14. The van der Waals surface area contributed by atoms with Crippen LogP contribution in [0.2, 0.25) is 0 Å². The van der Waals surface area contributed by atoms with Gasteiger partial charge in [-0.2, -0.15) is 0 Å². The lowest BCUT2D eigenvalue weighted by Gasteiger charge is -2.32. The van der Waals surface area contributed by atoms with E-state index in [2.05, 4.69) is 37.4 Å². The molecule has 2 unspecified atom stereocenters. The van der Waals surface area contributed by atoms with Gasteiger partial charge in [-0.3, -0.25) is 0 Å². The van der Waals surface area contributed by atoms with Crippen LogP contribution in [0.15, 0.2) is 18.2 Å². The average Bonchev–Trinajstić information content (AvgIpc) is 2.72. The molecular formula is C18H27NO2. The van der Waals surface area contributed by atoms with Crippen molar-refractivity contribution in [1.82, 2.24) is 5.32 Å². The molecule has 3 heteroatoms. The topological polar surface area (TPSA) is 30.5 Å². The van der Waals surface area contributed by atoms with Crippen molar-refractivity contribution in [3.05, 3.63) is 29.3 Å². The van der Waals surface area contributed by atoms with Gasteiger partial charge in [0, 0.05) is 30.9 Å². The van der Waals surface area contributed by atoms with Crippen LogP contribution in [0.5, 0.6) is 5.75 Å². The summed E-state index contributed by atoms with van der Waals surface area (Å²) >= 11 is 0. The number of fused-ring (bicyclic) bond motifs is 1. The zero-order chi connectivity index (χ0) is 14.7. The average molecular weight is 289 g/mol. The minimum Gasteiger partial charge on any atom is -0.493 e. The Morgan fingerprint density at radius 2 is 1.95 bits per heavy atom. The van der Waals surface area contributed by atoms with E-state index in [0.717, 1.165) is 44.3 Å². The van der Waals surface area contributed by atoms with Crippen LogP contribution in [0.25, 0.3) is 0 Å². The number of hydrogen-bond donors (Lipinski definition) is 1. The molecule has 2 aliphatic rings.